The van der Waals surface area contributed by atoms with Crippen molar-refractivity contribution in [3.63, 3.8) is 0 Å². The van der Waals surface area contributed by atoms with Gasteiger partial charge >= 0.3 is 0 Å². The van der Waals surface area contributed by atoms with E-state index in [0.717, 1.165) is 22.4 Å². The number of carbonyl (C=O) groups is 1. The van der Waals surface area contributed by atoms with Gasteiger partial charge in [0.2, 0.25) is 0 Å². The maximum atomic E-state index is 12.4. The Morgan fingerprint density at radius 2 is 1.72 bits per heavy atom. The van der Waals surface area contributed by atoms with Crippen molar-refractivity contribution >= 4 is 11.6 Å². The van der Waals surface area contributed by atoms with E-state index in [9.17, 15) is 10.1 Å². The summed E-state index contributed by atoms with van der Waals surface area (Å²) in [4.78, 5) is 12.4. The van der Waals surface area contributed by atoms with Crippen LogP contribution in [0.5, 0.6) is 11.5 Å². The van der Waals surface area contributed by atoms with Crippen LogP contribution in [0.4, 0.5) is 5.69 Å². The Labute approximate surface area is 212 Å². The number of anilines is 1. The van der Waals surface area contributed by atoms with Gasteiger partial charge in [0.05, 0.1) is 38.1 Å². The summed E-state index contributed by atoms with van der Waals surface area (Å²) in [5.74, 6) is 1.34. The Kier molecular flexibility index (Phi) is 7.77. The number of carbonyl (C=O) groups excluding carboxylic acids is 1. The summed E-state index contributed by atoms with van der Waals surface area (Å²) >= 11 is 0. The van der Waals surface area contributed by atoms with Crippen LogP contribution in [0.3, 0.4) is 0 Å². The summed E-state index contributed by atoms with van der Waals surface area (Å²) in [6.07, 6.45) is 0. The zero-order valence-electron chi connectivity index (χ0n) is 21.0. The van der Waals surface area contributed by atoms with Crippen LogP contribution in [0.25, 0.3) is 0 Å². The maximum Gasteiger partial charge on any atom is 0.251 e. The number of hydrogen-bond acceptors (Lipinski definition) is 6. The van der Waals surface area contributed by atoms with E-state index in [1.165, 1.54) is 0 Å². The molecular formula is C29H31N3O4. The molecule has 3 atom stereocenters. The SMILES string of the molecule is COCCNC(=O)c1ccc([C@H]2Nc3c(C#N)cccc3[C@@H](c3ccc(OC)c(OC)c3)[C@@H]2C)cc1. The van der Waals surface area contributed by atoms with Gasteiger partial charge in [-0.25, -0.2) is 0 Å². The average Bonchev–Trinajstić information content (AvgIpc) is 2.92. The van der Waals surface area contributed by atoms with Crippen molar-refractivity contribution in [3.05, 3.63) is 88.5 Å². The second kappa shape index (κ2) is 11.1. The van der Waals surface area contributed by atoms with Crippen LogP contribution in [-0.2, 0) is 4.74 Å². The van der Waals surface area contributed by atoms with E-state index in [1.807, 2.05) is 48.5 Å². The third kappa shape index (κ3) is 4.86. The highest BCUT2D eigenvalue weighted by Gasteiger charge is 2.37. The van der Waals surface area contributed by atoms with Crippen molar-refractivity contribution in [3.8, 4) is 17.6 Å². The lowest BCUT2D eigenvalue weighted by Gasteiger charge is -2.40. The van der Waals surface area contributed by atoms with Gasteiger partial charge in [0, 0.05) is 25.1 Å². The number of para-hydroxylation sites is 1. The van der Waals surface area contributed by atoms with Crippen LogP contribution >= 0.6 is 0 Å². The number of nitrogens with one attached hydrogen (secondary N) is 2. The molecule has 0 unspecified atom stereocenters. The smallest absolute Gasteiger partial charge is 0.251 e. The molecule has 1 amide bonds. The van der Waals surface area contributed by atoms with Crippen LogP contribution in [-0.4, -0.2) is 40.4 Å². The number of fused-ring (bicyclic) bond motifs is 1. The minimum absolute atomic E-state index is 0.0105. The third-order valence-electron chi connectivity index (χ3n) is 6.79. The van der Waals surface area contributed by atoms with E-state index in [4.69, 9.17) is 14.2 Å². The van der Waals surface area contributed by atoms with Crippen molar-refractivity contribution in [1.29, 1.82) is 5.26 Å². The first-order valence-corrected chi connectivity index (χ1v) is 11.9. The number of ether oxygens (including phenoxy) is 3. The van der Waals surface area contributed by atoms with Crippen LogP contribution in [0.1, 0.15) is 51.5 Å². The van der Waals surface area contributed by atoms with Gasteiger partial charge in [-0.3, -0.25) is 4.79 Å². The molecule has 0 bridgehead atoms. The largest absolute Gasteiger partial charge is 0.493 e. The van der Waals surface area contributed by atoms with Gasteiger partial charge in [0.25, 0.3) is 5.91 Å². The molecule has 0 spiro atoms. The highest BCUT2D eigenvalue weighted by atomic mass is 16.5. The number of benzene rings is 3. The van der Waals surface area contributed by atoms with E-state index in [2.05, 4.69) is 35.8 Å². The van der Waals surface area contributed by atoms with Gasteiger partial charge in [-0.05, 0) is 52.9 Å². The molecule has 36 heavy (non-hydrogen) atoms. The first kappa shape index (κ1) is 25.1. The molecule has 7 nitrogen and oxygen atoms in total. The molecule has 0 saturated carbocycles. The van der Waals surface area contributed by atoms with E-state index in [-0.39, 0.29) is 23.8 Å². The highest BCUT2D eigenvalue weighted by Crippen LogP contribution is 2.49. The fourth-order valence-corrected chi connectivity index (χ4v) is 4.97. The normalized spacial score (nSPS) is 18.4. The number of hydrogen-bond donors (Lipinski definition) is 2. The van der Waals surface area contributed by atoms with Crippen molar-refractivity contribution in [2.75, 3.05) is 39.8 Å². The molecule has 4 rings (SSSR count). The Morgan fingerprint density at radius 3 is 2.39 bits per heavy atom. The van der Waals surface area contributed by atoms with E-state index < -0.39 is 0 Å². The average molecular weight is 486 g/mol. The fourth-order valence-electron chi connectivity index (χ4n) is 4.97. The topological polar surface area (TPSA) is 92.6 Å². The molecule has 0 saturated heterocycles. The predicted octanol–water partition coefficient (Wildman–Crippen LogP) is 4.89. The summed E-state index contributed by atoms with van der Waals surface area (Å²) in [5.41, 5.74) is 5.22. The predicted molar refractivity (Wildman–Crippen MR) is 139 cm³/mol. The number of rotatable bonds is 8. The van der Waals surface area contributed by atoms with Gasteiger partial charge in [-0.15, -0.1) is 0 Å². The number of amides is 1. The zero-order chi connectivity index (χ0) is 25.7. The molecule has 1 aliphatic rings. The van der Waals surface area contributed by atoms with Gasteiger partial charge in [-0.2, -0.15) is 5.26 Å². The third-order valence-corrected chi connectivity index (χ3v) is 6.79. The van der Waals surface area contributed by atoms with Crippen LogP contribution < -0.4 is 20.1 Å². The Balaban J connectivity index is 1.72. The molecule has 7 heteroatoms. The standard InChI is InChI=1S/C29H31N3O4/c1-18-26(21-12-13-24(35-3)25(16-21)36-4)23-7-5-6-22(17-30)28(23)32-27(18)19-8-10-20(11-9-19)29(33)31-14-15-34-2/h5-13,16,18,26-27,32H,14-15H2,1-4H3,(H,31,33)/t18-,26+,27-/m0/s1. The van der Waals surface area contributed by atoms with E-state index in [0.29, 0.717) is 35.8 Å². The van der Waals surface area contributed by atoms with Crippen LogP contribution in [0.2, 0.25) is 0 Å². The lowest BCUT2D eigenvalue weighted by molar-refractivity contribution is 0.0937. The molecule has 2 N–H and O–H groups in total. The summed E-state index contributed by atoms with van der Waals surface area (Å²) in [7, 11) is 4.85. The fraction of sp³-hybridized carbons (Fsp3) is 0.310. The molecule has 186 valence electrons. The first-order chi connectivity index (χ1) is 17.5. The minimum atomic E-state index is -0.136. The summed E-state index contributed by atoms with van der Waals surface area (Å²) < 4.78 is 16.0. The van der Waals surface area contributed by atoms with E-state index >= 15 is 0 Å². The molecule has 3 aromatic carbocycles. The van der Waals surface area contributed by atoms with Crippen LogP contribution in [0.15, 0.2) is 60.7 Å². The van der Waals surface area contributed by atoms with Crippen molar-refractivity contribution < 1.29 is 19.0 Å². The van der Waals surface area contributed by atoms with Crippen molar-refractivity contribution in [2.45, 2.75) is 18.9 Å². The highest BCUT2D eigenvalue weighted by molar-refractivity contribution is 5.94. The number of nitrogens with zero attached hydrogens (tertiary/aromatic N) is 1. The lowest BCUT2D eigenvalue weighted by Crippen LogP contribution is -2.31. The molecule has 0 aliphatic carbocycles. The lowest BCUT2D eigenvalue weighted by atomic mass is 9.72. The van der Waals surface area contributed by atoms with E-state index in [1.54, 1.807) is 21.3 Å². The van der Waals surface area contributed by atoms with Crippen molar-refractivity contribution in [2.24, 2.45) is 5.92 Å². The molecule has 3 aromatic rings. The van der Waals surface area contributed by atoms with Gasteiger partial charge in [0.15, 0.2) is 11.5 Å². The molecule has 0 fully saturated rings. The zero-order valence-corrected chi connectivity index (χ0v) is 21.0. The molecule has 0 aromatic heterocycles. The Hall–Kier alpha value is -4.02. The maximum absolute atomic E-state index is 12.4. The Bertz CT molecular complexity index is 1270. The minimum Gasteiger partial charge on any atom is -0.493 e. The second-order valence-corrected chi connectivity index (χ2v) is 8.83. The molecule has 1 heterocycles. The summed E-state index contributed by atoms with van der Waals surface area (Å²) in [6.45, 7) is 3.12. The molecule has 0 radical (unpaired) electrons. The monoisotopic (exact) mass is 485 g/mol. The molecule has 1 aliphatic heterocycles. The second-order valence-electron chi connectivity index (χ2n) is 8.83. The first-order valence-electron chi connectivity index (χ1n) is 11.9. The van der Waals surface area contributed by atoms with Gasteiger partial charge in [0.1, 0.15) is 6.07 Å². The van der Waals surface area contributed by atoms with Crippen LogP contribution in [0, 0.1) is 17.2 Å². The summed E-state index contributed by atoms with van der Waals surface area (Å²) in [5, 5.41) is 16.3. The number of nitriles is 1. The Morgan fingerprint density at radius 1 is 1.00 bits per heavy atom. The van der Waals surface area contributed by atoms with Gasteiger partial charge in [-0.1, -0.05) is 37.3 Å². The quantitative estimate of drug-likeness (QED) is 0.442. The number of methoxy groups -OCH3 is 3. The summed E-state index contributed by atoms with van der Waals surface area (Å²) in [6, 6.07) is 21.7. The van der Waals surface area contributed by atoms with Gasteiger partial charge < -0.3 is 24.8 Å². The van der Waals surface area contributed by atoms with Crippen molar-refractivity contribution in [1.82, 2.24) is 5.32 Å². The molecular weight excluding hydrogens is 454 g/mol.